The first-order valence-corrected chi connectivity index (χ1v) is 8.39. The standard InChI is InChI=1S/C14H23BrN2S/c1-14(2)6-4-3-5-12(14)13(17-16)8-11-7-10(15)9-18-11/h7,9,12-13,17H,3-6,8,16H2,1-2H3. The van der Waals surface area contributed by atoms with Gasteiger partial charge in [0.25, 0.3) is 0 Å². The van der Waals surface area contributed by atoms with E-state index in [9.17, 15) is 0 Å². The van der Waals surface area contributed by atoms with Crippen LogP contribution in [0.3, 0.4) is 0 Å². The predicted molar refractivity (Wildman–Crippen MR) is 82.6 cm³/mol. The zero-order valence-corrected chi connectivity index (χ0v) is 13.6. The van der Waals surface area contributed by atoms with Crippen molar-refractivity contribution < 1.29 is 0 Å². The molecule has 0 aromatic carbocycles. The number of rotatable bonds is 4. The van der Waals surface area contributed by atoms with Crippen molar-refractivity contribution in [3.8, 4) is 0 Å². The highest BCUT2D eigenvalue weighted by Gasteiger charge is 2.37. The average Bonchev–Trinajstić information content (AvgIpc) is 2.72. The third kappa shape index (κ3) is 3.35. The third-order valence-corrected chi connectivity index (χ3v) is 6.05. The van der Waals surface area contributed by atoms with E-state index in [-0.39, 0.29) is 0 Å². The van der Waals surface area contributed by atoms with Gasteiger partial charge in [-0.15, -0.1) is 11.3 Å². The Labute approximate surface area is 122 Å². The van der Waals surface area contributed by atoms with Gasteiger partial charge in [0.2, 0.25) is 0 Å². The Hall–Kier alpha value is 0.1000. The summed E-state index contributed by atoms with van der Waals surface area (Å²) >= 11 is 5.34. The van der Waals surface area contributed by atoms with Gasteiger partial charge in [0.1, 0.15) is 0 Å². The zero-order valence-electron chi connectivity index (χ0n) is 11.2. The summed E-state index contributed by atoms with van der Waals surface area (Å²) in [4.78, 5) is 1.41. The molecule has 1 fully saturated rings. The van der Waals surface area contributed by atoms with Crippen molar-refractivity contribution in [1.82, 2.24) is 5.43 Å². The molecule has 0 aliphatic heterocycles. The molecular formula is C14H23BrN2S. The van der Waals surface area contributed by atoms with E-state index in [0.29, 0.717) is 17.4 Å². The van der Waals surface area contributed by atoms with Crippen molar-refractivity contribution in [2.75, 3.05) is 0 Å². The summed E-state index contributed by atoms with van der Waals surface area (Å²) < 4.78 is 1.18. The van der Waals surface area contributed by atoms with Crippen LogP contribution in [0.5, 0.6) is 0 Å². The van der Waals surface area contributed by atoms with Gasteiger partial charge in [0.05, 0.1) is 0 Å². The van der Waals surface area contributed by atoms with Crippen LogP contribution < -0.4 is 11.3 Å². The molecule has 1 aromatic heterocycles. The van der Waals surface area contributed by atoms with E-state index in [0.717, 1.165) is 6.42 Å². The fraction of sp³-hybridized carbons (Fsp3) is 0.714. The lowest BCUT2D eigenvalue weighted by Crippen LogP contribution is -2.48. The van der Waals surface area contributed by atoms with Gasteiger partial charge >= 0.3 is 0 Å². The second kappa shape index (κ2) is 6.04. The maximum absolute atomic E-state index is 5.82. The molecule has 18 heavy (non-hydrogen) atoms. The number of hydrogen-bond donors (Lipinski definition) is 2. The Balaban J connectivity index is 2.07. The van der Waals surface area contributed by atoms with Crippen LogP contribution in [0.4, 0.5) is 0 Å². The number of hydrogen-bond acceptors (Lipinski definition) is 3. The van der Waals surface area contributed by atoms with Gasteiger partial charge in [-0.25, -0.2) is 0 Å². The Bertz CT molecular complexity index is 389. The van der Waals surface area contributed by atoms with E-state index in [4.69, 9.17) is 5.84 Å². The van der Waals surface area contributed by atoms with Crippen LogP contribution in [0.15, 0.2) is 15.9 Å². The first-order chi connectivity index (χ1) is 8.53. The van der Waals surface area contributed by atoms with Crippen LogP contribution in [0.1, 0.15) is 44.4 Å². The minimum Gasteiger partial charge on any atom is -0.271 e. The highest BCUT2D eigenvalue weighted by atomic mass is 79.9. The Kier molecular flexibility index (Phi) is 4.86. The van der Waals surface area contributed by atoms with E-state index < -0.39 is 0 Å². The maximum Gasteiger partial charge on any atom is 0.0292 e. The molecule has 2 atom stereocenters. The average molecular weight is 331 g/mol. The van der Waals surface area contributed by atoms with Crippen LogP contribution >= 0.6 is 27.3 Å². The summed E-state index contributed by atoms with van der Waals surface area (Å²) in [5, 5.41) is 2.15. The topological polar surface area (TPSA) is 38.0 Å². The van der Waals surface area contributed by atoms with E-state index in [1.807, 2.05) is 11.3 Å². The fourth-order valence-electron chi connectivity index (χ4n) is 3.26. The second-order valence-corrected chi connectivity index (χ2v) is 7.96. The molecule has 1 aromatic rings. The summed E-state index contributed by atoms with van der Waals surface area (Å²) in [6.45, 7) is 4.79. The van der Waals surface area contributed by atoms with Crippen LogP contribution in [0, 0.1) is 11.3 Å². The van der Waals surface area contributed by atoms with Crippen LogP contribution in [0.25, 0.3) is 0 Å². The molecule has 2 rings (SSSR count). The normalized spacial score (nSPS) is 25.0. The van der Waals surface area contributed by atoms with Crippen molar-refractivity contribution in [2.24, 2.45) is 17.2 Å². The Morgan fingerprint density at radius 2 is 2.33 bits per heavy atom. The monoisotopic (exact) mass is 330 g/mol. The fourth-order valence-corrected chi connectivity index (χ4v) is 4.77. The first kappa shape index (κ1) is 14.5. The molecule has 0 radical (unpaired) electrons. The van der Waals surface area contributed by atoms with Gasteiger partial charge in [-0.1, -0.05) is 26.7 Å². The third-order valence-electron chi connectivity index (χ3n) is 4.33. The number of halogens is 1. The maximum atomic E-state index is 5.82. The predicted octanol–water partition coefficient (Wildman–Crippen LogP) is 4.10. The molecule has 1 aliphatic rings. The van der Waals surface area contributed by atoms with Crippen molar-refractivity contribution >= 4 is 27.3 Å². The second-order valence-electron chi connectivity index (χ2n) is 6.05. The van der Waals surface area contributed by atoms with Crippen molar-refractivity contribution in [3.05, 3.63) is 20.8 Å². The Morgan fingerprint density at radius 1 is 1.56 bits per heavy atom. The first-order valence-electron chi connectivity index (χ1n) is 6.72. The molecule has 4 heteroatoms. The van der Waals surface area contributed by atoms with E-state index in [1.54, 1.807) is 0 Å². The number of nitrogens with one attached hydrogen (secondary N) is 1. The molecule has 0 spiro atoms. The van der Waals surface area contributed by atoms with Crippen molar-refractivity contribution in [1.29, 1.82) is 0 Å². The molecule has 102 valence electrons. The quantitative estimate of drug-likeness (QED) is 0.644. The Morgan fingerprint density at radius 3 is 2.89 bits per heavy atom. The molecule has 1 saturated carbocycles. The van der Waals surface area contributed by atoms with E-state index in [1.165, 1.54) is 35.0 Å². The number of thiophene rings is 1. The van der Waals surface area contributed by atoms with Crippen LogP contribution in [-0.2, 0) is 6.42 Å². The van der Waals surface area contributed by atoms with Crippen LogP contribution in [-0.4, -0.2) is 6.04 Å². The smallest absolute Gasteiger partial charge is 0.0292 e. The summed E-state index contributed by atoms with van der Waals surface area (Å²) in [5.74, 6) is 6.50. The van der Waals surface area contributed by atoms with E-state index >= 15 is 0 Å². The SMILES string of the molecule is CC1(C)CCCCC1C(Cc1cc(Br)cs1)NN. The lowest BCUT2D eigenvalue weighted by atomic mass is 9.65. The summed E-state index contributed by atoms with van der Waals surface area (Å²) in [6.07, 6.45) is 6.38. The lowest BCUT2D eigenvalue weighted by molar-refractivity contribution is 0.0985. The summed E-state index contributed by atoms with van der Waals surface area (Å²) in [6, 6.07) is 2.61. The largest absolute Gasteiger partial charge is 0.271 e. The van der Waals surface area contributed by atoms with Gasteiger partial charge in [-0.2, -0.15) is 0 Å². The van der Waals surface area contributed by atoms with Gasteiger partial charge in [-0.05, 0) is 52.6 Å². The summed E-state index contributed by atoms with van der Waals surface area (Å²) in [5.41, 5.74) is 3.48. The minimum absolute atomic E-state index is 0.394. The molecule has 1 aliphatic carbocycles. The molecule has 2 unspecified atom stereocenters. The van der Waals surface area contributed by atoms with Crippen molar-refractivity contribution in [2.45, 2.75) is 52.0 Å². The number of nitrogens with two attached hydrogens (primary N) is 1. The van der Waals surface area contributed by atoms with Crippen molar-refractivity contribution in [3.63, 3.8) is 0 Å². The molecule has 0 bridgehead atoms. The summed E-state index contributed by atoms with van der Waals surface area (Å²) in [7, 11) is 0. The molecule has 0 amide bonds. The molecule has 0 saturated heterocycles. The van der Waals surface area contributed by atoms with Crippen LogP contribution in [0.2, 0.25) is 0 Å². The van der Waals surface area contributed by atoms with Gasteiger partial charge in [0.15, 0.2) is 0 Å². The van der Waals surface area contributed by atoms with Gasteiger partial charge in [-0.3, -0.25) is 11.3 Å². The molecule has 1 heterocycles. The van der Waals surface area contributed by atoms with E-state index in [2.05, 4.69) is 46.6 Å². The number of hydrazine groups is 1. The minimum atomic E-state index is 0.394. The molecule has 2 nitrogen and oxygen atoms in total. The lowest BCUT2D eigenvalue weighted by Gasteiger charge is -2.43. The highest BCUT2D eigenvalue weighted by molar-refractivity contribution is 9.10. The molecule has 3 N–H and O–H groups in total. The van der Waals surface area contributed by atoms with Gasteiger partial charge < -0.3 is 0 Å². The highest BCUT2D eigenvalue weighted by Crippen LogP contribution is 2.43. The van der Waals surface area contributed by atoms with Gasteiger partial charge in [0, 0.05) is 20.8 Å². The zero-order chi connectivity index (χ0) is 13.2. The molecular weight excluding hydrogens is 308 g/mol.